The van der Waals surface area contributed by atoms with Gasteiger partial charge in [-0.2, -0.15) is 3.97 Å². The maximum atomic E-state index is 12.5. The predicted molar refractivity (Wildman–Crippen MR) is 79.7 cm³/mol. The van der Waals surface area contributed by atoms with Crippen LogP contribution in [0.5, 0.6) is 5.75 Å². The number of imidazole rings is 1. The van der Waals surface area contributed by atoms with Crippen LogP contribution in [0.4, 0.5) is 0 Å². The van der Waals surface area contributed by atoms with Gasteiger partial charge in [0.15, 0.2) is 0 Å². The summed E-state index contributed by atoms with van der Waals surface area (Å²) in [5.74, 6) is -0.384. The van der Waals surface area contributed by atoms with Crippen molar-refractivity contribution in [1.29, 1.82) is 0 Å². The summed E-state index contributed by atoms with van der Waals surface area (Å²) in [5, 5.41) is 0. The molecule has 2 aromatic rings. The minimum Gasteiger partial charge on any atom is -0.497 e. The molecule has 0 fully saturated rings. The van der Waals surface area contributed by atoms with Crippen LogP contribution >= 0.6 is 0 Å². The van der Waals surface area contributed by atoms with E-state index in [4.69, 9.17) is 4.74 Å². The Morgan fingerprint density at radius 1 is 1.14 bits per heavy atom. The molecule has 0 spiro atoms. The molecule has 1 aromatic carbocycles. The van der Waals surface area contributed by atoms with Crippen molar-refractivity contribution in [2.24, 2.45) is 5.92 Å². The Morgan fingerprint density at radius 3 is 2.23 bits per heavy atom. The number of nitrogens with zero attached hydrogens (tertiary/aromatic N) is 2. The van der Waals surface area contributed by atoms with Crippen molar-refractivity contribution >= 4 is 15.9 Å². The maximum Gasteiger partial charge on any atom is 0.349 e. The quantitative estimate of drug-likeness (QED) is 0.843. The molecule has 1 heterocycles. The molecule has 118 valence electrons. The van der Waals surface area contributed by atoms with Crippen molar-refractivity contribution in [2.45, 2.75) is 18.7 Å². The number of ether oxygens (including phenoxy) is 1. The van der Waals surface area contributed by atoms with E-state index in [1.165, 1.54) is 31.4 Å². The molecule has 22 heavy (non-hydrogen) atoms. The molecular formula is C14H16N2O5S. The number of carbonyl (C=O) groups is 1. The summed E-state index contributed by atoms with van der Waals surface area (Å²) in [5.41, 5.74) is -0.908. The fraction of sp³-hybridized carbons (Fsp3) is 0.286. The summed E-state index contributed by atoms with van der Waals surface area (Å²) >= 11 is 0. The maximum absolute atomic E-state index is 12.5. The van der Waals surface area contributed by atoms with Crippen molar-refractivity contribution < 1.29 is 17.9 Å². The summed E-state index contributed by atoms with van der Waals surface area (Å²) in [4.78, 5) is 24.0. The molecule has 0 unspecified atom stereocenters. The highest BCUT2D eigenvalue weighted by Crippen LogP contribution is 2.17. The molecule has 0 radical (unpaired) electrons. The van der Waals surface area contributed by atoms with Gasteiger partial charge in [0.05, 0.1) is 12.0 Å². The first-order valence-electron chi connectivity index (χ1n) is 6.53. The zero-order valence-electron chi connectivity index (χ0n) is 12.4. The number of carbonyl (C=O) groups excluding carboxylic acids is 1. The van der Waals surface area contributed by atoms with Crippen LogP contribution in [0.1, 0.15) is 18.6 Å². The summed E-state index contributed by atoms with van der Waals surface area (Å²) in [6.45, 7) is 3.26. The number of aromatic nitrogens is 2. The third-order valence-corrected chi connectivity index (χ3v) is 4.76. The Hall–Kier alpha value is -2.35. The number of benzene rings is 1. The summed E-state index contributed by atoms with van der Waals surface area (Å²) < 4.78 is 31.2. The molecular weight excluding hydrogens is 308 g/mol. The molecule has 0 aliphatic heterocycles. The van der Waals surface area contributed by atoms with Gasteiger partial charge in [0.25, 0.3) is 10.0 Å². The molecule has 0 N–H and O–H groups in total. The second-order valence-electron chi connectivity index (χ2n) is 4.92. The van der Waals surface area contributed by atoms with E-state index < -0.39 is 27.5 Å². The van der Waals surface area contributed by atoms with Crippen LogP contribution in [0.2, 0.25) is 0 Å². The van der Waals surface area contributed by atoms with Crippen molar-refractivity contribution in [3.05, 3.63) is 47.1 Å². The summed E-state index contributed by atoms with van der Waals surface area (Å²) in [6.07, 6.45) is 2.23. The van der Waals surface area contributed by atoms with E-state index in [0.29, 0.717) is 9.72 Å². The standard InChI is InChI=1S/C14H16N2O5S/c1-10(2)13(17)15-8-9-16(14(15)18)22(19,20)12-6-4-11(21-3)5-7-12/h4-10H,1-3H3. The van der Waals surface area contributed by atoms with Gasteiger partial charge in [0, 0.05) is 18.3 Å². The first kappa shape index (κ1) is 16.0. The second-order valence-corrected chi connectivity index (χ2v) is 6.73. The van der Waals surface area contributed by atoms with E-state index in [9.17, 15) is 18.0 Å². The van der Waals surface area contributed by atoms with Gasteiger partial charge in [-0.25, -0.2) is 17.8 Å². The number of hydrogen-bond donors (Lipinski definition) is 0. The third-order valence-electron chi connectivity index (χ3n) is 3.09. The van der Waals surface area contributed by atoms with Gasteiger partial charge in [-0.3, -0.25) is 4.79 Å². The molecule has 0 saturated carbocycles. The molecule has 0 bridgehead atoms. The van der Waals surface area contributed by atoms with Crippen LogP contribution in [0.3, 0.4) is 0 Å². The topological polar surface area (TPSA) is 87.4 Å². The van der Waals surface area contributed by atoms with E-state index in [1.54, 1.807) is 13.8 Å². The number of methoxy groups -OCH3 is 1. The predicted octanol–water partition coefficient (Wildman–Crippen LogP) is 1.19. The van der Waals surface area contributed by atoms with Gasteiger partial charge < -0.3 is 4.74 Å². The fourth-order valence-corrected chi connectivity index (χ4v) is 3.07. The lowest BCUT2D eigenvalue weighted by atomic mass is 10.2. The van der Waals surface area contributed by atoms with Gasteiger partial charge in [0.2, 0.25) is 5.91 Å². The zero-order chi connectivity index (χ0) is 16.5. The summed E-state index contributed by atoms with van der Waals surface area (Å²) in [6, 6.07) is 5.63. The SMILES string of the molecule is COc1ccc(S(=O)(=O)n2ccn(C(=O)C(C)C)c2=O)cc1. The van der Waals surface area contributed by atoms with Gasteiger partial charge in [0.1, 0.15) is 5.75 Å². The zero-order valence-corrected chi connectivity index (χ0v) is 13.2. The molecule has 0 atom stereocenters. The van der Waals surface area contributed by atoms with Gasteiger partial charge in [-0.05, 0) is 24.3 Å². The Labute approximate surface area is 127 Å². The Kier molecular flexibility index (Phi) is 4.23. The average molecular weight is 324 g/mol. The van der Waals surface area contributed by atoms with E-state index in [2.05, 4.69) is 0 Å². The lowest BCUT2D eigenvalue weighted by molar-refractivity contribution is 0.0851. The lowest BCUT2D eigenvalue weighted by Gasteiger charge is -2.06. The van der Waals surface area contributed by atoms with Crippen LogP contribution in [0.15, 0.2) is 46.3 Å². The van der Waals surface area contributed by atoms with Crippen LogP contribution in [0.25, 0.3) is 0 Å². The minimum atomic E-state index is -4.06. The molecule has 0 aliphatic rings. The normalized spacial score (nSPS) is 11.6. The first-order chi connectivity index (χ1) is 10.3. The number of rotatable bonds is 4. The minimum absolute atomic E-state index is 0.0647. The monoisotopic (exact) mass is 324 g/mol. The molecule has 0 amide bonds. The van der Waals surface area contributed by atoms with Crippen molar-refractivity contribution in [2.75, 3.05) is 7.11 Å². The van der Waals surface area contributed by atoms with E-state index in [-0.39, 0.29) is 4.90 Å². The molecule has 1 aromatic heterocycles. The first-order valence-corrected chi connectivity index (χ1v) is 7.97. The molecule has 0 aliphatic carbocycles. The van der Waals surface area contributed by atoms with Gasteiger partial charge >= 0.3 is 5.69 Å². The van der Waals surface area contributed by atoms with Gasteiger partial charge in [-0.1, -0.05) is 13.8 Å². The van der Waals surface area contributed by atoms with Crippen molar-refractivity contribution in [3.63, 3.8) is 0 Å². The summed E-state index contributed by atoms with van der Waals surface area (Å²) in [7, 11) is -2.59. The van der Waals surface area contributed by atoms with Crippen LogP contribution in [0, 0.1) is 5.92 Å². The average Bonchev–Trinajstić information content (AvgIpc) is 2.88. The third kappa shape index (κ3) is 2.69. The highest BCUT2D eigenvalue weighted by molar-refractivity contribution is 7.90. The molecule has 7 nitrogen and oxygen atoms in total. The Morgan fingerprint density at radius 2 is 1.73 bits per heavy atom. The van der Waals surface area contributed by atoms with E-state index >= 15 is 0 Å². The van der Waals surface area contributed by atoms with Crippen LogP contribution in [-0.4, -0.2) is 30.0 Å². The van der Waals surface area contributed by atoms with Crippen molar-refractivity contribution in [3.8, 4) is 5.75 Å². The number of hydrogen-bond acceptors (Lipinski definition) is 5. The van der Waals surface area contributed by atoms with E-state index in [0.717, 1.165) is 17.0 Å². The van der Waals surface area contributed by atoms with Crippen LogP contribution < -0.4 is 10.4 Å². The Bertz CT molecular complexity index is 844. The largest absolute Gasteiger partial charge is 0.497 e. The van der Waals surface area contributed by atoms with Gasteiger partial charge in [-0.15, -0.1) is 0 Å². The highest BCUT2D eigenvalue weighted by Gasteiger charge is 2.23. The molecule has 0 saturated heterocycles. The van der Waals surface area contributed by atoms with Crippen molar-refractivity contribution in [1.82, 2.24) is 8.54 Å². The second kappa shape index (κ2) is 5.80. The lowest BCUT2D eigenvalue weighted by Crippen LogP contribution is -2.33. The Balaban J connectivity index is 2.50. The molecule has 8 heteroatoms. The smallest absolute Gasteiger partial charge is 0.349 e. The molecule has 2 rings (SSSR count). The van der Waals surface area contributed by atoms with E-state index in [1.807, 2.05) is 0 Å². The highest BCUT2D eigenvalue weighted by atomic mass is 32.2. The van der Waals surface area contributed by atoms with Crippen LogP contribution in [-0.2, 0) is 10.0 Å². The fourth-order valence-electron chi connectivity index (χ4n) is 1.85.